The number of nitriles is 1. The summed E-state index contributed by atoms with van der Waals surface area (Å²) in [5, 5.41) is 12.9. The minimum absolute atomic E-state index is 0.00232. The second-order valence-corrected chi connectivity index (χ2v) is 10.9. The first-order valence-electron chi connectivity index (χ1n) is 12.8. The van der Waals surface area contributed by atoms with Crippen molar-refractivity contribution in [2.45, 2.75) is 64.3 Å². The van der Waals surface area contributed by atoms with Crippen LogP contribution < -0.4 is 20.9 Å². The molecule has 2 aromatic rings. The zero-order valence-electron chi connectivity index (χ0n) is 22.0. The lowest BCUT2D eigenvalue weighted by atomic mass is 9.84. The lowest BCUT2D eigenvalue weighted by Gasteiger charge is -2.36. The zero-order valence-corrected chi connectivity index (χ0v) is 22.7. The first-order valence-corrected chi connectivity index (χ1v) is 13.2. The molecule has 0 bridgehead atoms. The van der Waals surface area contributed by atoms with Crippen molar-refractivity contribution in [2.75, 3.05) is 6.54 Å². The maximum absolute atomic E-state index is 14.8. The van der Waals surface area contributed by atoms with Crippen LogP contribution in [0.5, 0.6) is 5.75 Å². The van der Waals surface area contributed by atoms with Gasteiger partial charge in [-0.1, -0.05) is 23.7 Å². The molecular formula is C28H31ClFN5O4. The third-order valence-corrected chi connectivity index (χ3v) is 7.43. The molecule has 2 heterocycles. The number of benzene rings is 2. The van der Waals surface area contributed by atoms with Crippen molar-refractivity contribution in [3.05, 3.63) is 64.4 Å². The molecule has 2 aromatic carbocycles. The van der Waals surface area contributed by atoms with E-state index in [1.807, 2.05) is 19.1 Å². The first-order chi connectivity index (χ1) is 18.5. The Morgan fingerprint density at radius 1 is 1.26 bits per heavy atom. The average molecular weight is 556 g/mol. The molecule has 3 N–H and O–H groups in total. The van der Waals surface area contributed by atoms with Crippen molar-refractivity contribution in [2.24, 2.45) is 5.41 Å². The summed E-state index contributed by atoms with van der Waals surface area (Å²) in [6, 6.07) is 12.5. The van der Waals surface area contributed by atoms with Crippen LogP contribution in [0.4, 0.5) is 4.39 Å². The monoisotopic (exact) mass is 555 g/mol. The molecule has 0 aliphatic carbocycles. The van der Waals surface area contributed by atoms with Crippen LogP contribution in [0.2, 0.25) is 5.02 Å². The summed E-state index contributed by atoms with van der Waals surface area (Å²) in [6.45, 7) is 5.10. The molecule has 2 unspecified atom stereocenters. The highest BCUT2D eigenvalue weighted by atomic mass is 35.5. The molecule has 39 heavy (non-hydrogen) atoms. The van der Waals surface area contributed by atoms with E-state index >= 15 is 0 Å². The maximum atomic E-state index is 14.8. The summed E-state index contributed by atoms with van der Waals surface area (Å²) in [5.74, 6) is -2.37. The number of amides is 3. The van der Waals surface area contributed by atoms with Crippen LogP contribution in [0.3, 0.4) is 0 Å². The fourth-order valence-corrected chi connectivity index (χ4v) is 5.29. The number of halogens is 2. The smallest absolute Gasteiger partial charge is 0.275 e. The highest BCUT2D eigenvalue weighted by Crippen LogP contribution is 2.43. The third kappa shape index (κ3) is 6.32. The molecule has 3 amide bonds. The number of rotatable bonds is 7. The molecule has 9 nitrogen and oxygen atoms in total. The Morgan fingerprint density at radius 2 is 2.03 bits per heavy atom. The average Bonchev–Trinajstić information content (AvgIpc) is 3.37. The van der Waals surface area contributed by atoms with E-state index < -0.39 is 29.2 Å². The van der Waals surface area contributed by atoms with E-state index in [0.29, 0.717) is 24.3 Å². The van der Waals surface area contributed by atoms with Gasteiger partial charge < -0.3 is 15.0 Å². The van der Waals surface area contributed by atoms with Gasteiger partial charge in [-0.25, -0.2) is 9.82 Å². The van der Waals surface area contributed by atoms with E-state index in [0.717, 1.165) is 11.6 Å². The Labute approximate surface area is 231 Å². The molecule has 0 aromatic heterocycles. The minimum Gasteiger partial charge on any atom is -0.477 e. The molecular weight excluding hydrogens is 525 g/mol. The normalized spacial score (nSPS) is 23.1. The number of nitrogens with zero attached hydrogens (tertiary/aromatic N) is 2. The number of hydrogen-bond acceptors (Lipinski definition) is 6. The van der Waals surface area contributed by atoms with Crippen molar-refractivity contribution < 1.29 is 23.5 Å². The zero-order chi connectivity index (χ0) is 28.3. The molecule has 2 fully saturated rings. The highest BCUT2D eigenvalue weighted by molar-refractivity contribution is 6.30. The van der Waals surface area contributed by atoms with Gasteiger partial charge in [0, 0.05) is 23.0 Å². The van der Waals surface area contributed by atoms with Gasteiger partial charge in [-0.15, -0.1) is 0 Å². The van der Waals surface area contributed by atoms with Crippen LogP contribution in [-0.2, 0) is 9.59 Å². The van der Waals surface area contributed by atoms with Crippen LogP contribution in [0.1, 0.15) is 62.0 Å². The van der Waals surface area contributed by atoms with Crippen LogP contribution in [0.15, 0.2) is 42.5 Å². The third-order valence-electron chi connectivity index (χ3n) is 7.19. The predicted octanol–water partition coefficient (Wildman–Crippen LogP) is 3.65. The van der Waals surface area contributed by atoms with Crippen LogP contribution in [-0.4, -0.2) is 47.4 Å². The van der Waals surface area contributed by atoms with E-state index in [-0.39, 0.29) is 41.9 Å². The van der Waals surface area contributed by atoms with Gasteiger partial charge in [-0.2, -0.15) is 5.26 Å². The van der Waals surface area contributed by atoms with Crippen molar-refractivity contribution in [3.8, 4) is 11.8 Å². The van der Waals surface area contributed by atoms with E-state index in [2.05, 4.69) is 22.2 Å². The summed E-state index contributed by atoms with van der Waals surface area (Å²) in [5.41, 5.74) is 5.29. The number of ether oxygens (including phenoxy) is 1. The van der Waals surface area contributed by atoms with Crippen molar-refractivity contribution in [1.29, 1.82) is 5.26 Å². The van der Waals surface area contributed by atoms with E-state index in [1.165, 1.54) is 12.1 Å². The summed E-state index contributed by atoms with van der Waals surface area (Å²) in [4.78, 5) is 39.9. The molecule has 0 radical (unpaired) electrons. The number of likely N-dealkylation sites (tertiary alicyclic amines) is 1. The van der Waals surface area contributed by atoms with Gasteiger partial charge in [-0.05, 0) is 69.5 Å². The van der Waals surface area contributed by atoms with Crippen LogP contribution in [0.25, 0.3) is 0 Å². The molecule has 2 saturated heterocycles. The van der Waals surface area contributed by atoms with Gasteiger partial charge in [0.2, 0.25) is 5.91 Å². The van der Waals surface area contributed by atoms with Crippen molar-refractivity contribution >= 4 is 29.3 Å². The molecule has 2 aliphatic heterocycles. The van der Waals surface area contributed by atoms with Crippen molar-refractivity contribution in [3.63, 3.8) is 0 Å². The minimum atomic E-state index is -0.869. The van der Waals surface area contributed by atoms with Gasteiger partial charge in [-0.3, -0.25) is 19.8 Å². The standard InChI is InChI=1S/C28H31ClFN5O4/c1-16-11-23(27(38)34-33-16)39-22-9-7-18(13-20(22)30)26(37)32-14-25(36)35-21(17-5-4-6-19(29)12-17)8-10-24(35)28(2,3)15-31/h4-7,9,12-13,16,21,23-24,33H,8,10-11,14H2,1-3H3,(H,32,37)(H,34,38)/t16?,21-,23?,24+/m0/s1. The highest BCUT2D eigenvalue weighted by Gasteiger charge is 2.45. The summed E-state index contributed by atoms with van der Waals surface area (Å²) in [7, 11) is 0. The first kappa shape index (κ1) is 28.3. The molecule has 206 valence electrons. The van der Waals surface area contributed by atoms with Crippen LogP contribution >= 0.6 is 11.6 Å². The fraction of sp³-hybridized carbons (Fsp3) is 0.429. The number of carbonyl (C=O) groups excluding carboxylic acids is 3. The molecule has 4 rings (SSSR count). The molecule has 2 aliphatic rings. The van der Waals surface area contributed by atoms with Gasteiger partial charge >= 0.3 is 0 Å². The number of hydrazine groups is 1. The van der Waals surface area contributed by atoms with Crippen molar-refractivity contribution in [1.82, 2.24) is 21.1 Å². The molecule has 0 spiro atoms. The largest absolute Gasteiger partial charge is 0.477 e. The topological polar surface area (TPSA) is 124 Å². The van der Waals surface area contributed by atoms with Crippen LogP contribution in [0, 0.1) is 22.6 Å². The Balaban J connectivity index is 1.45. The summed E-state index contributed by atoms with van der Waals surface area (Å²) >= 11 is 6.19. The Bertz CT molecular complexity index is 1310. The SMILES string of the molecule is CC1CC(Oc2ccc(C(=O)NCC(=O)N3[C@H](c4cccc(Cl)c4)CC[C@@H]3C(C)(C)C#N)cc2F)C(=O)NN1. The molecule has 4 atom stereocenters. The second-order valence-electron chi connectivity index (χ2n) is 10.5. The lowest BCUT2D eigenvalue weighted by Crippen LogP contribution is -2.56. The van der Waals surface area contributed by atoms with Gasteiger partial charge in [0.05, 0.1) is 30.1 Å². The molecule has 0 saturated carbocycles. The van der Waals surface area contributed by atoms with E-state index in [1.54, 1.807) is 30.9 Å². The van der Waals surface area contributed by atoms with Gasteiger partial charge in [0.25, 0.3) is 11.8 Å². The Morgan fingerprint density at radius 3 is 2.72 bits per heavy atom. The lowest BCUT2D eigenvalue weighted by molar-refractivity contribution is -0.135. The maximum Gasteiger partial charge on any atom is 0.275 e. The van der Waals surface area contributed by atoms with E-state index in [9.17, 15) is 24.0 Å². The fourth-order valence-electron chi connectivity index (χ4n) is 5.09. The summed E-state index contributed by atoms with van der Waals surface area (Å²) < 4.78 is 20.3. The van der Waals surface area contributed by atoms with Gasteiger partial charge in [0.15, 0.2) is 17.7 Å². The Kier molecular flexibility index (Phi) is 8.42. The number of nitrogens with one attached hydrogen (secondary N) is 3. The van der Waals surface area contributed by atoms with E-state index in [4.69, 9.17) is 16.3 Å². The number of hydrogen-bond donors (Lipinski definition) is 3. The molecule has 11 heteroatoms. The second kappa shape index (κ2) is 11.6. The quantitative estimate of drug-likeness (QED) is 0.479. The Hall–Kier alpha value is -3.68. The predicted molar refractivity (Wildman–Crippen MR) is 142 cm³/mol. The van der Waals surface area contributed by atoms with Gasteiger partial charge in [0.1, 0.15) is 0 Å². The number of carbonyl (C=O) groups is 3. The summed E-state index contributed by atoms with van der Waals surface area (Å²) in [6.07, 6.45) is 0.756.